The molecule has 0 bridgehead atoms. The molecule has 0 fully saturated rings. The Kier molecular flexibility index (Phi) is 4.95. The molecular formula is C22H21ClN4O2. The molecule has 3 aromatic rings. The van der Waals surface area contributed by atoms with Gasteiger partial charge in [0.1, 0.15) is 23.3 Å². The lowest BCUT2D eigenvalue weighted by molar-refractivity contribution is -0.0590. The van der Waals surface area contributed by atoms with Crippen LogP contribution in [0.2, 0.25) is 5.02 Å². The second-order valence-electron chi connectivity index (χ2n) is 7.60. The van der Waals surface area contributed by atoms with Crippen molar-refractivity contribution in [2.24, 2.45) is 0 Å². The number of imidazole rings is 1. The third kappa shape index (κ3) is 3.67. The van der Waals surface area contributed by atoms with E-state index in [-0.39, 0.29) is 0 Å². The molecule has 0 aliphatic carbocycles. The second kappa shape index (κ2) is 7.43. The zero-order valence-corrected chi connectivity index (χ0v) is 16.9. The Bertz CT molecular complexity index is 1040. The van der Waals surface area contributed by atoms with E-state index in [1.165, 1.54) is 0 Å². The molecule has 1 aromatic heterocycles. The molecule has 29 heavy (non-hydrogen) atoms. The quantitative estimate of drug-likeness (QED) is 0.675. The summed E-state index contributed by atoms with van der Waals surface area (Å²) in [6, 6.07) is 14.5. The van der Waals surface area contributed by atoms with Crippen molar-refractivity contribution in [1.29, 1.82) is 5.26 Å². The minimum atomic E-state index is -0.852. The van der Waals surface area contributed by atoms with Crippen LogP contribution in [0.15, 0.2) is 54.9 Å². The molecule has 2 aromatic carbocycles. The summed E-state index contributed by atoms with van der Waals surface area (Å²) >= 11 is 6.10. The average Bonchev–Trinajstić information content (AvgIpc) is 3.21. The van der Waals surface area contributed by atoms with Crippen LogP contribution in [0.5, 0.6) is 5.75 Å². The van der Waals surface area contributed by atoms with E-state index in [0.717, 1.165) is 17.1 Å². The molecule has 0 saturated carbocycles. The highest BCUT2D eigenvalue weighted by Gasteiger charge is 2.45. The van der Waals surface area contributed by atoms with Gasteiger partial charge in [-0.3, -0.25) is 0 Å². The first kappa shape index (κ1) is 19.3. The molecular weight excluding hydrogens is 388 g/mol. The van der Waals surface area contributed by atoms with Gasteiger partial charge < -0.3 is 19.7 Å². The number of ether oxygens (including phenoxy) is 1. The van der Waals surface area contributed by atoms with Gasteiger partial charge in [0, 0.05) is 28.7 Å². The first-order valence-corrected chi connectivity index (χ1v) is 9.68. The fourth-order valence-corrected chi connectivity index (χ4v) is 3.83. The SMILES string of the molecule is CC1(C)Oc2ccc(C#N)cc2[C@@H](N(Cc2ncc[nH]2)c2ccc(Cl)cc2)[C@@H]1O. The van der Waals surface area contributed by atoms with Gasteiger partial charge in [-0.25, -0.2) is 4.98 Å². The number of hydrogen-bond acceptors (Lipinski definition) is 5. The van der Waals surface area contributed by atoms with E-state index in [4.69, 9.17) is 16.3 Å². The molecule has 1 aliphatic heterocycles. The number of benzene rings is 2. The highest BCUT2D eigenvalue weighted by Crippen LogP contribution is 2.45. The fourth-order valence-electron chi connectivity index (χ4n) is 3.70. The topological polar surface area (TPSA) is 85.2 Å². The summed E-state index contributed by atoms with van der Waals surface area (Å²) in [5.41, 5.74) is 1.33. The molecule has 0 saturated heterocycles. The van der Waals surface area contributed by atoms with Gasteiger partial charge in [-0.05, 0) is 56.3 Å². The van der Waals surface area contributed by atoms with Crippen LogP contribution in [-0.2, 0) is 6.54 Å². The van der Waals surface area contributed by atoms with Crippen molar-refractivity contribution in [3.05, 3.63) is 76.8 Å². The van der Waals surface area contributed by atoms with Gasteiger partial charge in [0.2, 0.25) is 0 Å². The minimum Gasteiger partial charge on any atom is -0.485 e. The van der Waals surface area contributed by atoms with E-state index in [1.54, 1.807) is 30.6 Å². The summed E-state index contributed by atoms with van der Waals surface area (Å²) in [5, 5.41) is 21.3. The van der Waals surface area contributed by atoms with Crippen LogP contribution in [0.1, 0.15) is 36.8 Å². The molecule has 148 valence electrons. The molecule has 2 N–H and O–H groups in total. The first-order valence-electron chi connectivity index (χ1n) is 9.30. The van der Waals surface area contributed by atoms with Crippen LogP contribution in [0.25, 0.3) is 0 Å². The molecule has 0 unspecified atom stereocenters. The second-order valence-corrected chi connectivity index (χ2v) is 8.04. The number of H-pyrrole nitrogens is 1. The Morgan fingerprint density at radius 2 is 2.03 bits per heavy atom. The predicted octanol–water partition coefficient (Wildman–Crippen LogP) is 4.21. The van der Waals surface area contributed by atoms with Crippen LogP contribution < -0.4 is 9.64 Å². The van der Waals surface area contributed by atoms with Crippen LogP contribution in [0, 0.1) is 11.3 Å². The standard InChI is InChI=1S/C22H21ClN4O2/c1-22(2)21(28)20(17-11-14(12-24)3-8-18(17)29-22)27(13-19-25-9-10-26-19)16-6-4-15(23)5-7-16/h3-11,20-21,28H,13H2,1-2H3,(H,25,26)/t20-,21+/m1/s1. The molecule has 0 radical (unpaired) electrons. The molecule has 2 heterocycles. The highest BCUT2D eigenvalue weighted by atomic mass is 35.5. The van der Waals surface area contributed by atoms with Gasteiger partial charge in [-0.1, -0.05) is 11.6 Å². The van der Waals surface area contributed by atoms with E-state index in [1.807, 2.05) is 38.1 Å². The van der Waals surface area contributed by atoms with Crippen molar-refractivity contribution in [2.45, 2.75) is 38.1 Å². The monoisotopic (exact) mass is 408 g/mol. The smallest absolute Gasteiger partial charge is 0.132 e. The maximum Gasteiger partial charge on any atom is 0.132 e. The Labute approximate surface area is 174 Å². The Balaban J connectivity index is 1.88. The van der Waals surface area contributed by atoms with Gasteiger partial charge in [0.15, 0.2) is 0 Å². The number of aromatic nitrogens is 2. The number of fused-ring (bicyclic) bond motifs is 1. The van der Waals surface area contributed by atoms with E-state index < -0.39 is 17.7 Å². The normalized spacial score (nSPS) is 19.7. The van der Waals surface area contributed by atoms with Crippen LogP contribution in [0.4, 0.5) is 5.69 Å². The molecule has 0 amide bonds. The summed E-state index contributed by atoms with van der Waals surface area (Å²) in [4.78, 5) is 9.54. The minimum absolute atomic E-state index is 0.433. The average molecular weight is 409 g/mol. The van der Waals surface area contributed by atoms with Crippen LogP contribution in [0.3, 0.4) is 0 Å². The third-order valence-corrected chi connectivity index (χ3v) is 5.46. The van der Waals surface area contributed by atoms with Crippen molar-refractivity contribution in [1.82, 2.24) is 9.97 Å². The number of halogens is 1. The first-order chi connectivity index (χ1) is 13.9. The number of nitrogens with one attached hydrogen (secondary N) is 1. The number of nitriles is 1. The van der Waals surface area contributed by atoms with E-state index in [2.05, 4.69) is 20.9 Å². The zero-order valence-electron chi connectivity index (χ0n) is 16.1. The highest BCUT2D eigenvalue weighted by molar-refractivity contribution is 6.30. The van der Waals surface area contributed by atoms with E-state index >= 15 is 0 Å². The van der Waals surface area contributed by atoms with Crippen molar-refractivity contribution in [3.8, 4) is 11.8 Å². The fraction of sp³-hybridized carbons (Fsp3) is 0.273. The summed E-state index contributed by atoms with van der Waals surface area (Å²) in [6.45, 7) is 4.15. The molecule has 1 aliphatic rings. The summed E-state index contributed by atoms with van der Waals surface area (Å²) in [7, 11) is 0. The lowest BCUT2D eigenvalue weighted by Crippen LogP contribution is -2.53. The number of aliphatic hydroxyl groups excluding tert-OH is 1. The predicted molar refractivity (Wildman–Crippen MR) is 111 cm³/mol. The van der Waals surface area contributed by atoms with Gasteiger partial charge >= 0.3 is 0 Å². The largest absolute Gasteiger partial charge is 0.485 e. The molecule has 2 atom stereocenters. The number of hydrogen-bond donors (Lipinski definition) is 2. The number of rotatable bonds is 4. The molecule has 7 heteroatoms. The van der Waals surface area contributed by atoms with Gasteiger partial charge in [0.25, 0.3) is 0 Å². The summed E-state index contributed by atoms with van der Waals surface area (Å²) < 4.78 is 6.07. The third-order valence-electron chi connectivity index (χ3n) is 5.21. The van der Waals surface area contributed by atoms with Gasteiger partial charge in [0.05, 0.1) is 24.2 Å². The van der Waals surface area contributed by atoms with Crippen molar-refractivity contribution in [3.63, 3.8) is 0 Å². The van der Waals surface area contributed by atoms with Crippen molar-refractivity contribution in [2.75, 3.05) is 4.90 Å². The van der Waals surface area contributed by atoms with Crippen molar-refractivity contribution < 1.29 is 9.84 Å². The van der Waals surface area contributed by atoms with Crippen LogP contribution >= 0.6 is 11.6 Å². The molecule has 0 spiro atoms. The molecule has 4 rings (SSSR count). The van der Waals surface area contributed by atoms with E-state index in [9.17, 15) is 10.4 Å². The zero-order chi connectivity index (χ0) is 20.6. The number of aliphatic hydroxyl groups is 1. The Hall–Kier alpha value is -3.01. The van der Waals surface area contributed by atoms with Gasteiger partial charge in [-0.2, -0.15) is 5.26 Å². The van der Waals surface area contributed by atoms with Crippen LogP contribution in [-0.4, -0.2) is 26.8 Å². The number of nitrogens with zero attached hydrogens (tertiary/aromatic N) is 3. The summed E-state index contributed by atoms with van der Waals surface area (Å²) in [5.74, 6) is 1.41. The molecule has 6 nitrogen and oxygen atoms in total. The number of anilines is 1. The number of aromatic amines is 1. The maximum absolute atomic E-state index is 11.3. The van der Waals surface area contributed by atoms with E-state index in [0.29, 0.717) is 22.9 Å². The van der Waals surface area contributed by atoms with Gasteiger partial charge in [-0.15, -0.1) is 0 Å². The lowest BCUT2D eigenvalue weighted by atomic mass is 9.84. The Morgan fingerprint density at radius 3 is 2.69 bits per heavy atom. The summed E-state index contributed by atoms with van der Waals surface area (Å²) in [6.07, 6.45) is 2.61. The maximum atomic E-state index is 11.3. The lowest BCUT2D eigenvalue weighted by Gasteiger charge is -2.47. The van der Waals surface area contributed by atoms with Crippen molar-refractivity contribution >= 4 is 17.3 Å². The Morgan fingerprint density at radius 1 is 1.28 bits per heavy atom.